The van der Waals surface area contributed by atoms with Crippen LogP contribution in [0.2, 0.25) is 0 Å². The van der Waals surface area contributed by atoms with Gasteiger partial charge in [0, 0.05) is 32.4 Å². The molecule has 0 saturated carbocycles. The fourth-order valence-electron chi connectivity index (χ4n) is 6.01. The number of hydrogen-bond donors (Lipinski definition) is 4. The van der Waals surface area contributed by atoms with E-state index < -0.39 is 35.8 Å². The average Bonchev–Trinajstić information content (AvgIpc) is 3.16. The minimum Gasteiger partial charge on any atom is -0.480 e. The highest BCUT2D eigenvalue weighted by Crippen LogP contribution is 2.16. The number of carboxylic acid groups (broad SMARTS) is 1. The van der Waals surface area contributed by atoms with Crippen LogP contribution in [0.3, 0.4) is 0 Å². The van der Waals surface area contributed by atoms with Gasteiger partial charge in [-0.15, -0.1) is 0 Å². The summed E-state index contributed by atoms with van der Waals surface area (Å²) in [5.74, 6) is -2.55. The standard InChI is InChI=1S/C45H83N3O13/c1-44(2,3)60-42(54)24-22-20-18-16-14-12-10-8-7-9-11-13-15-17-19-21-23-39(50)48-37(43(55)61-45(4,5)6)25-26-38(49)46-27-29-56-31-32-57-30-28-47-40(51)35-58-33-34-59-36-41(52)53/h37H,7-36H2,1-6H3,(H,46,49)(H,47,51)(H,48,50)(H,52,53). The number of aliphatic carboxylic acids is 1. The number of carbonyl (C=O) groups is 6. The molecule has 0 saturated heterocycles. The van der Waals surface area contributed by atoms with Gasteiger partial charge in [0.05, 0.1) is 39.6 Å². The number of amides is 3. The van der Waals surface area contributed by atoms with Crippen molar-refractivity contribution in [2.45, 2.75) is 187 Å². The molecule has 0 aliphatic heterocycles. The maximum atomic E-state index is 12.9. The molecule has 1 unspecified atom stereocenters. The van der Waals surface area contributed by atoms with Crippen LogP contribution in [-0.2, 0) is 57.2 Å². The van der Waals surface area contributed by atoms with Gasteiger partial charge in [-0.2, -0.15) is 0 Å². The van der Waals surface area contributed by atoms with Crippen LogP contribution in [0.1, 0.15) is 170 Å². The Kier molecular flexibility index (Phi) is 35.2. The van der Waals surface area contributed by atoms with Gasteiger partial charge in [0.1, 0.15) is 30.5 Å². The van der Waals surface area contributed by atoms with Crippen LogP contribution in [0.25, 0.3) is 0 Å². The molecule has 0 bridgehead atoms. The molecular formula is C45H83N3O13. The molecular weight excluding hydrogens is 791 g/mol. The van der Waals surface area contributed by atoms with Crippen LogP contribution in [0, 0.1) is 0 Å². The Morgan fingerprint density at radius 1 is 0.459 bits per heavy atom. The third kappa shape index (κ3) is 43.1. The molecule has 0 fully saturated rings. The third-order valence-electron chi connectivity index (χ3n) is 8.98. The number of rotatable bonds is 40. The van der Waals surface area contributed by atoms with Gasteiger partial charge in [-0.1, -0.05) is 89.9 Å². The third-order valence-corrected chi connectivity index (χ3v) is 8.98. The molecule has 1 atom stereocenters. The first kappa shape index (κ1) is 57.7. The Morgan fingerprint density at radius 3 is 1.33 bits per heavy atom. The lowest BCUT2D eigenvalue weighted by molar-refractivity contribution is -0.159. The number of nitrogens with one attached hydrogen (secondary N) is 3. The molecule has 3 amide bonds. The second kappa shape index (κ2) is 37.2. The van der Waals surface area contributed by atoms with Gasteiger partial charge in [-0.25, -0.2) is 9.59 Å². The molecule has 356 valence electrons. The minimum absolute atomic E-state index is 0.0302. The van der Waals surface area contributed by atoms with Crippen molar-refractivity contribution >= 4 is 35.6 Å². The van der Waals surface area contributed by atoms with E-state index in [2.05, 4.69) is 16.0 Å². The van der Waals surface area contributed by atoms with E-state index in [1.807, 2.05) is 20.8 Å². The Morgan fingerprint density at radius 2 is 0.869 bits per heavy atom. The Balaban J connectivity index is 3.95. The predicted molar refractivity (Wildman–Crippen MR) is 233 cm³/mol. The predicted octanol–water partition coefficient (Wildman–Crippen LogP) is 6.34. The molecule has 0 spiro atoms. The van der Waals surface area contributed by atoms with E-state index >= 15 is 0 Å². The summed E-state index contributed by atoms with van der Waals surface area (Å²) in [6, 6.07) is -0.921. The van der Waals surface area contributed by atoms with Crippen LogP contribution >= 0.6 is 0 Å². The van der Waals surface area contributed by atoms with E-state index in [0.717, 1.165) is 38.5 Å². The van der Waals surface area contributed by atoms with Crippen molar-refractivity contribution in [3.05, 3.63) is 0 Å². The van der Waals surface area contributed by atoms with Crippen molar-refractivity contribution < 1.29 is 62.3 Å². The Hall–Kier alpha value is -3.34. The van der Waals surface area contributed by atoms with E-state index in [1.54, 1.807) is 20.8 Å². The zero-order valence-electron chi connectivity index (χ0n) is 38.6. The highest BCUT2D eigenvalue weighted by atomic mass is 16.6. The first-order chi connectivity index (χ1) is 29.0. The maximum absolute atomic E-state index is 12.9. The van der Waals surface area contributed by atoms with Gasteiger partial charge in [0.15, 0.2) is 0 Å². The van der Waals surface area contributed by atoms with Crippen molar-refractivity contribution in [2.75, 3.05) is 65.9 Å². The molecule has 61 heavy (non-hydrogen) atoms. The molecule has 0 aromatic carbocycles. The lowest BCUT2D eigenvalue weighted by atomic mass is 10.0. The molecule has 0 radical (unpaired) electrons. The van der Waals surface area contributed by atoms with Gasteiger partial charge in [0.25, 0.3) is 0 Å². The lowest BCUT2D eigenvalue weighted by Gasteiger charge is -2.24. The monoisotopic (exact) mass is 874 g/mol. The number of hydrogen-bond acceptors (Lipinski definition) is 12. The van der Waals surface area contributed by atoms with Gasteiger partial charge in [-0.3, -0.25) is 19.2 Å². The average molecular weight is 874 g/mol. The lowest BCUT2D eigenvalue weighted by Crippen LogP contribution is -2.44. The fraction of sp³-hybridized carbons (Fsp3) is 0.867. The highest BCUT2D eigenvalue weighted by Gasteiger charge is 2.27. The molecule has 0 heterocycles. The summed E-state index contributed by atoms with van der Waals surface area (Å²) in [6.07, 6.45) is 19.5. The van der Waals surface area contributed by atoms with Crippen molar-refractivity contribution in [1.82, 2.24) is 16.0 Å². The fourth-order valence-corrected chi connectivity index (χ4v) is 6.01. The van der Waals surface area contributed by atoms with Crippen molar-refractivity contribution in [3.63, 3.8) is 0 Å². The number of esters is 2. The van der Waals surface area contributed by atoms with Crippen LogP contribution in [0.15, 0.2) is 0 Å². The summed E-state index contributed by atoms with van der Waals surface area (Å²) < 4.78 is 31.6. The van der Waals surface area contributed by atoms with Crippen LogP contribution < -0.4 is 16.0 Å². The number of carboxylic acids is 1. The molecule has 0 aliphatic rings. The number of unbranched alkanes of at least 4 members (excludes halogenated alkanes) is 15. The topological polar surface area (TPSA) is 214 Å². The van der Waals surface area contributed by atoms with E-state index in [0.29, 0.717) is 26.1 Å². The molecule has 16 heteroatoms. The Bertz CT molecular complexity index is 1190. The van der Waals surface area contributed by atoms with Crippen molar-refractivity contribution in [2.24, 2.45) is 0 Å². The number of carbonyl (C=O) groups excluding carboxylic acids is 5. The summed E-state index contributed by atoms with van der Waals surface area (Å²) in [7, 11) is 0. The van der Waals surface area contributed by atoms with Gasteiger partial charge >= 0.3 is 17.9 Å². The zero-order chi connectivity index (χ0) is 45.6. The van der Waals surface area contributed by atoms with Gasteiger partial charge < -0.3 is 49.5 Å². The van der Waals surface area contributed by atoms with Crippen LogP contribution in [-0.4, -0.2) is 124 Å². The van der Waals surface area contributed by atoms with E-state index in [4.69, 9.17) is 33.5 Å². The summed E-state index contributed by atoms with van der Waals surface area (Å²) in [5.41, 5.74) is -1.13. The number of ether oxygens (including phenoxy) is 6. The second-order valence-electron chi connectivity index (χ2n) is 17.4. The summed E-state index contributed by atoms with van der Waals surface area (Å²) in [5, 5.41) is 16.6. The smallest absolute Gasteiger partial charge is 0.329 e. The van der Waals surface area contributed by atoms with E-state index in [-0.39, 0.29) is 82.7 Å². The zero-order valence-corrected chi connectivity index (χ0v) is 38.6. The first-order valence-corrected chi connectivity index (χ1v) is 22.8. The molecule has 16 nitrogen and oxygen atoms in total. The van der Waals surface area contributed by atoms with Crippen molar-refractivity contribution in [3.8, 4) is 0 Å². The van der Waals surface area contributed by atoms with Gasteiger partial charge in [0.2, 0.25) is 17.7 Å². The highest BCUT2D eigenvalue weighted by molar-refractivity contribution is 5.85. The minimum atomic E-state index is -1.07. The molecule has 4 N–H and O–H groups in total. The molecule has 0 aromatic heterocycles. The van der Waals surface area contributed by atoms with E-state index in [9.17, 15) is 28.8 Å². The summed E-state index contributed by atoms with van der Waals surface area (Å²) >= 11 is 0. The summed E-state index contributed by atoms with van der Waals surface area (Å²) in [6.45, 7) is 12.2. The quantitative estimate of drug-likeness (QED) is 0.0391. The largest absolute Gasteiger partial charge is 0.480 e. The summed E-state index contributed by atoms with van der Waals surface area (Å²) in [4.78, 5) is 71.9. The van der Waals surface area contributed by atoms with Crippen LogP contribution in [0.4, 0.5) is 0 Å². The SMILES string of the molecule is CC(C)(C)OC(=O)CCCCCCCCCCCCCCCCCCC(=O)NC(CCC(=O)NCCOCCOCCNC(=O)COCCOCC(=O)O)C(=O)OC(C)(C)C. The molecule has 0 aromatic rings. The van der Waals surface area contributed by atoms with Crippen molar-refractivity contribution in [1.29, 1.82) is 0 Å². The second-order valence-corrected chi connectivity index (χ2v) is 17.4. The maximum Gasteiger partial charge on any atom is 0.329 e. The first-order valence-electron chi connectivity index (χ1n) is 22.8. The van der Waals surface area contributed by atoms with Crippen LogP contribution in [0.5, 0.6) is 0 Å². The van der Waals surface area contributed by atoms with E-state index in [1.165, 1.54) is 64.2 Å². The molecule has 0 rings (SSSR count). The normalized spacial score (nSPS) is 12.1. The Labute approximate surface area is 366 Å². The molecule has 0 aliphatic carbocycles. The van der Waals surface area contributed by atoms with Gasteiger partial charge in [-0.05, 0) is 60.8 Å².